The monoisotopic (exact) mass is 276 g/mol. The first-order valence-electron chi connectivity index (χ1n) is 8.25. The lowest BCUT2D eigenvalue weighted by molar-refractivity contribution is 0.0763. The maximum absolute atomic E-state index is 6.21. The summed E-state index contributed by atoms with van der Waals surface area (Å²) in [5, 5.41) is 0. The molecule has 1 atom stereocenters. The van der Waals surface area contributed by atoms with Gasteiger partial charge in [-0.05, 0) is 30.4 Å². The summed E-state index contributed by atoms with van der Waals surface area (Å²) >= 11 is 0. The Hall–Kier alpha value is -0.980. The first kappa shape index (κ1) is 17.1. The molecule has 1 heteroatoms. The Morgan fingerprint density at radius 2 is 1.50 bits per heavy atom. The van der Waals surface area contributed by atoms with Crippen LogP contribution in [0, 0.1) is 5.41 Å². The Morgan fingerprint density at radius 3 is 2.10 bits per heavy atom. The lowest BCUT2D eigenvalue weighted by Gasteiger charge is -2.31. The summed E-state index contributed by atoms with van der Waals surface area (Å²) in [6.07, 6.45) is 9.53. The molecule has 0 N–H and O–H groups in total. The van der Waals surface area contributed by atoms with Crippen molar-refractivity contribution in [1.29, 1.82) is 0 Å². The van der Waals surface area contributed by atoms with Crippen LogP contribution in [-0.4, -0.2) is 6.10 Å². The number of benzene rings is 1. The third-order valence-corrected chi connectivity index (χ3v) is 3.81. The van der Waals surface area contributed by atoms with Crippen molar-refractivity contribution in [2.24, 2.45) is 5.41 Å². The van der Waals surface area contributed by atoms with Crippen molar-refractivity contribution >= 4 is 0 Å². The highest BCUT2D eigenvalue weighted by atomic mass is 16.5. The molecule has 0 aliphatic carbocycles. The van der Waals surface area contributed by atoms with Gasteiger partial charge in [-0.25, -0.2) is 0 Å². The lowest BCUT2D eigenvalue weighted by Crippen LogP contribution is -2.32. The van der Waals surface area contributed by atoms with E-state index in [2.05, 4.69) is 39.8 Å². The largest absolute Gasteiger partial charge is 0.490 e. The summed E-state index contributed by atoms with van der Waals surface area (Å²) in [5.74, 6) is 0.999. The smallest absolute Gasteiger partial charge is 0.119 e. The SMILES string of the molecule is CCCCCCCCC(Oc1ccccc1)C(C)(C)C. The minimum atomic E-state index is 0.194. The standard InChI is InChI=1S/C19H32O/c1-5-6-7-8-9-13-16-18(19(2,3)4)20-17-14-11-10-12-15-17/h10-12,14-15,18H,5-9,13,16H2,1-4H3. The second-order valence-electron chi connectivity index (χ2n) is 6.84. The number of rotatable bonds is 9. The molecule has 0 aliphatic heterocycles. The van der Waals surface area contributed by atoms with Gasteiger partial charge in [0.1, 0.15) is 11.9 Å². The Morgan fingerprint density at radius 1 is 0.900 bits per heavy atom. The molecule has 1 aromatic carbocycles. The Labute approximate surface area is 125 Å². The van der Waals surface area contributed by atoms with E-state index < -0.39 is 0 Å². The van der Waals surface area contributed by atoms with Crippen molar-refractivity contribution < 1.29 is 4.74 Å². The van der Waals surface area contributed by atoms with E-state index in [0.29, 0.717) is 6.10 Å². The van der Waals surface area contributed by atoms with Gasteiger partial charge in [-0.15, -0.1) is 0 Å². The molecule has 0 saturated carbocycles. The van der Waals surface area contributed by atoms with Gasteiger partial charge in [-0.1, -0.05) is 78.0 Å². The quantitative estimate of drug-likeness (QED) is 0.486. The van der Waals surface area contributed by atoms with E-state index in [9.17, 15) is 0 Å². The molecule has 0 radical (unpaired) electrons. The maximum Gasteiger partial charge on any atom is 0.119 e. The molecular weight excluding hydrogens is 244 g/mol. The van der Waals surface area contributed by atoms with Gasteiger partial charge < -0.3 is 4.74 Å². The molecule has 1 unspecified atom stereocenters. The molecular formula is C19H32O. The second kappa shape index (κ2) is 9.05. The van der Waals surface area contributed by atoms with E-state index in [0.717, 1.165) is 12.2 Å². The van der Waals surface area contributed by atoms with Crippen LogP contribution in [0.25, 0.3) is 0 Å². The van der Waals surface area contributed by atoms with Gasteiger partial charge in [0.2, 0.25) is 0 Å². The zero-order valence-corrected chi connectivity index (χ0v) is 13.8. The number of hydrogen-bond donors (Lipinski definition) is 0. The minimum Gasteiger partial charge on any atom is -0.490 e. The van der Waals surface area contributed by atoms with Gasteiger partial charge in [0.15, 0.2) is 0 Å². The topological polar surface area (TPSA) is 9.23 Å². The average molecular weight is 276 g/mol. The number of hydrogen-bond acceptors (Lipinski definition) is 1. The van der Waals surface area contributed by atoms with Crippen LogP contribution in [0.15, 0.2) is 30.3 Å². The van der Waals surface area contributed by atoms with Crippen molar-refractivity contribution in [3.8, 4) is 5.75 Å². The van der Waals surface area contributed by atoms with Crippen molar-refractivity contribution in [3.63, 3.8) is 0 Å². The van der Waals surface area contributed by atoms with E-state index in [1.54, 1.807) is 0 Å². The van der Waals surface area contributed by atoms with Gasteiger partial charge >= 0.3 is 0 Å². The maximum atomic E-state index is 6.21. The Kier molecular flexibility index (Phi) is 7.72. The lowest BCUT2D eigenvalue weighted by atomic mass is 9.85. The van der Waals surface area contributed by atoms with Crippen molar-refractivity contribution in [3.05, 3.63) is 30.3 Å². The van der Waals surface area contributed by atoms with Gasteiger partial charge in [-0.2, -0.15) is 0 Å². The van der Waals surface area contributed by atoms with Crippen LogP contribution in [0.2, 0.25) is 0 Å². The fourth-order valence-electron chi connectivity index (χ4n) is 2.44. The van der Waals surface area contributed by atoms with E-state index >= 15 is 0 Å². The number of ether oxygens (including phenoxy) is 1. The predicted octanol–water partition coefficient (Wildman–Crippen LogP) is 6.23. The molecule has 0 aliphatic rings. The fourth-order valence-corrected chi connectivity index (χ4v) is 2.44. The van der Waals surface area contributed by atoms with E-state index in [-0.39, 0.29) is 5.41 Å². The van der Waals surface area contributed by atoms with E-state index in [1.807, 2.05) is 18.2 Å². The zero-order valence-electron chi connectivity index (χ0n) is 13.8. The first-order chi connectivity index (χ1) is 9.54. The molecule has 0 fully saturated rings. The van der Waals surface area contributed by atoms with Gasteiger partial charge in [0.05, 0.1) is 0 Å². The highest BCUT2D eigenvalue weighted by Gasteiger charge is 2.25. The summed E-state index contributed by atoms with van der Waals surface area (Å²) in [7, 11) is 0. The Bertz CT molecular complexity index is 337. The van der Waals surface area contributed by atoms with Crippen molar-refractivity contribution in [1.82, 2.24) is 0 Å². The number of para-hydroxylation sites is 1. The second-order valence-corrected chi connectivity index (χ2v) is 6.84. The highest BCUT2D eigenvalue weighted by molar-refractivity contribution is 5.21. The van der Waals surface area contributed by atoms with Crippen LogP contribution < -0.4 is 4.74 Å². The molecule has 20 heavy (non-hydrogen) atoms. The van der Waals surface area contributed by atoms with Gasteiger partial charge in [0.25, 0.3) is 0 Å². The van der Waals surface area contributed by atoms with Crippen LogP contribution >= 0.6 is 0 Å². The summed E-state index contributed by atoms with van der Waals surface area (Å²) < 4.78 is 6.21. The van der Waals surface area contributed by atoms with E-state index in [4.69, 9.17) is 4.74 Å². The van der Waals surface area contributed by atoms with Gasteiger partial charge in [-0.3, -0.25) is 0 Å². The molecule has 1 aromatic rings. The highest BCUT2D eigenvalue weighted by Crippen LogP contribution is 2.28. The van der Waals surface area contributed by atoms with Gasteiger partial charge in [0, 0.05) is 0 Å². The third kappa shape index (κ3) is 6.98. The summed E-state index contributed by atoms with van der Waals surface area (Å²) in [4.78, 5) is 0. The predicted molar refractivity (Wildman–Crippen MR) is 88.3 cm³/mol. The van der Waals surface area contributed by atoms with Crippen LogP contribution in [-0.2, 0) is 0 Å². The normalized spacial score (nSPS) is 13.2. The molecule has 114 valence electrons. The minimum absolute atomic E-state index is 0.194. The van der Waals surface area contributed by atoms with Crippen LogP contribution in [0.1, 0.15) is 72.6 Å². The molecule has 0 spiro atoms. The third-order valence-electron chi connectivity index (χ3n) is 3.81. The average Bonchev–Trinajstić information content (AvgIpc) is 2.41. The van der Waals surface area contributed by atoms with Crippen LogP contribution in [0.4, 0.5) is 0 Å². The van der Waals surface area contributed by atoms with E-state index in [1.165, 1.54) is 38.5 Å². The van der Waals surface area contributed by atoms with Crippen molar-refractivity contribution in [2.45, 2.75) is 78.7 Å². The molecule has 0 saturated heterocycles. The first-order valence-corrected chi connectivity index (χ1v) is 8.25. The number of unbranched alkanes of at least 4 members (excludes halogenated alkanes) is 5. The van der Waals surface area contributed by atoms with Crippen LogP contribution in [0.5, 0.6) is 5.75 Å². The summed E-state index contributed by atoms with van der Waals surface area (Å²) in [6.45, 7) is 9.09. The van der Waals surface area contributed by atoms with Crippen LogP contribution in [0.3, 0.4) is 0 Å². The fraction of sp³-hybridized carbons (Fsp3) is 0.684. The molecule has 1 rings (SSSR count). The molecule has 0 aromatic heterocycles. The molecule has 0 heterocycles. The molecule has 0 bridgehead atoms. The van der Waals surface area contributed by atoms with Crippen molar-refractivity contribution in [2.75, 3.05) is 0 Å². The summed E-state index contributed by atoms with van der Waals surface area (Å²) in [5.41, 5.74) is 0.194. The Balaban J connectivity index is 2.38. The summed E-state index contributed by atoms with van der Waals surface area (Å²) in [6, 6.07) is 10.2. The zero-order chi connectivity index (χ0) is 14.8. The molecule has 1 nitrogen and oxygen atoms in total. The molecule has 0 amide bonds.